The molecule has 0 unspecified atom stereocenters. The number of nitrogens with one attached hydrogen (secondary N) is 1. The van der Waals surface area contributed by atoms with Gasteiger partial charge in [0.15, 0.2) is 0 Å². The minimum atomic E-state index is -0.146. The van der Waals surface area contributed by atoms with E-state index < -0.39 is 0 Å². The molecule has 3 aromatic rings. The second-order valence-electron chi connectivity index (χ2n) is 8.19. The van der Waals surface area contributed by atoms with E-state index in [1.165, 1.54) is 11.3 Å². The summed E-state index contributed by atoms with van der Waals surface area (Å²) in [5.41, 5.74) is 10.7. The summed E-state index contributed by atoms with van der Waals surface area (Å²) in [6.45, 7) is 3.90. The number of rotatable bonds is 3. The molecule has 1 aliphatic heterocycles. The van der Waals surface area contributed by atoms with Crippen LogP contribution in [0.5, 0.6) is 0 Å². The van der Waals surface area contributed by atoms with E-state index in [1.807, 2.05) is 30.3 Å². The largest absolute Gasteiger partial charge is 0.397 e. The third kappa shape index (κ3) is 4.20. The van der Waals surface area contributed by atoms with Crippen molar-refractivity contribution < 1.29 is 0 Å². The van der Waals surface area contributed by atoms with E-state index in [0.29, 0.717) is 28.2 Å². The molecule has 0 saturated carbocycles. The van der Waals surface area contributed by atoms with Gasteiger partial charge in [0, 0.05) is 43.6 Å². The van der Waals surface area contributed by atoms with E-state index in [2.05, 4.69) is 31.9 Å². The van der Waals surface area contributed by atoms with Crippen molar-refractivity contribution in [1.82, 2.24) is 14.9 Å². The number of piperazine rings is 1. The Balaban J connectivity index is 0.00000245. The van der Waals surface area contributed by atoms with Crippen LogP contribution in [-0.2, 0) is 0 Å². The van der Waals surface area contributed by atoms with Crippen molar-refractivity contribution in [2.24, 2.45) is 0 Å². The molecule has 5 rings (SSSR count). The highest BCUT2D eigenvalue weighted by atomic mass is 35.5. The molecule has 3 N–H and O–H groups in total. The Morgan fingerprint density at radius 2 is 1.88 bits per heavy atom. The van der Waals surface area contributed by atoms with Crippen molar-refractivity contribution in [3.05, 3.63) is 70.3 Å². The smallest absolute Gasteiger partial charge is 0.257 e. The third-order valence-corrected chi connectivity index (χ3v) is 6.31. The van der Waals surface area contributed by atoms with Gasteiger partial charge in [0.1, 0.15) is 0 Å². The lowest BCUT2D eigenvalue weighted by Crippen LogP contribution is -2.49. The van der Waals surface area contributed by atoms with E-state index in [9.17, 15) is 4.79 Å². The molecule has 7 nitrogen and oxygen atoms in total. The summed E-state index contributed by atoms with van der Waals surface area (Å²) in [7, 11) is 0. The van der Waals surface area contributed by atoms with Gasteiger partial charge in [0.25, 0.3) is 5.56 Å². The van der Waals surface area contributed by atoms with Crippen LogP contribution in [0.4, 0.5) is 11.4 Å². The van der Waals surface area contributed by atoms with Crippen molar-refractivity contribution in [3.63, 3.8) is 0 Å². The van der Waals surface area contributed by atoms with Crippen molar-refractivity contribution in [2.45, 2.75) is 18.9 Å². The fraction of sp³-hybridized carbons (Fsp3) is 0.292. The first kappa shape index (κ1) is 21.9. The monoisotopic (exact) mass is 448 g/mol. The summed E-state index contributed by atoms with van der Waals surface area (Å²) in [5.74, 6) is 0. The maximum absolute atomic E-state index is 12.5. The van der Waals surface area contributed by atoms with Crippen LogP contribution in [0.1, 0.15) is 24.1 Å². The molecule has 8 heteroatoms. The highest BCUT2D eigenvalue weighted by Gasteiger charge is 2.27. The molecule has 1 fully saturated rings. The van der Waals surface area contributed by atoms with Gasteiger partial charge < -0.3 is 15.6 Å². The first-order chi connectivity index (χ1) is 15.1. The summed E-state index contributed by atoms with van der Waals surface area (Å²) in [6.07, 6.45) is 5.88. The maximum atomic E-state index is 12.5. The molecule has 1 aromatic carbocycles. The fourth-order valence-corrected chi connectivity index (χ4v) is 4.60. The number of hydrogen-bond donors (Lipinski definition) is 2. The number of allylic oxidation sites excluding steroid dienone is 1. The summed E-state index contributed by atoms with van der Waals surface area (Å²) >= 11 is 0. The Labute approximate surface area is 192 Å². The molecule has 1 atom stereocenters. The van der Waals surface area contributed by atoms with Crippen LogP contribution in [0.2, 0.25) is 0 Å². The molecule has 1 saturated heterocycles. The SMILES string of the molecule is Cl.N#Cc1ccc(N2CCN([C@H]3C=C(c4cc5ncc(N)cc5c(=O)[nH]4)CC3)CC2)cc1. The number of pyridine rings is 2. The molecular weight excluding hydrogens is 424 g/mol. The van der Waals surface area contributed by atoms with Crippen molar-refractivity contribution in [3.8, 4) is 6.07 Å². The predicted octanol–water partition coefficient (Wildman–Crippen LogP) is 3.17. The van der Waals surface area contributed by atoms with E-state index in [4.69, 9.17) is 11.0 Å². The number of nitrogens with two attached hydrogens (primary N) is 1. The van der Waals surface area contributed by atoms with Gasteiger partial charge in [0.05, 0.1) is 34.4 Å². The van der Waals surface area contributed by atoms with Gasteiger partial charge in [-0.1, -0.05) is 6.08 Å². The number of halogens is 1. The van der Waals surface area contributed by atoms with Crippen LogP contribution >= 0.6 is 12.4 Å². The molecule has 2 aliphatic rings. The van der Waals surface area contributed by atoms with E-state index >= 15 is 0 Å². The zero-order chi connectivity index (χ0) is 21.4. The normalized spacial score (nSPS) is 18.8. The zero-order valence-corrected chi connectivity index (χ0v) is 18.4. The number of H-pyrrole nitrogens is 1. The number of aromatic amines is 1. The average Bonchev–Trinajstić information content (AvgIpc) is 3.30. The number of nitriles is 1. The van der Waals surface area contributed by atoms with E-state index in [0.717, 1.165) is 44.7 Å². The Hall–Kier alpha value is -3.34. The van der Waals surface area contributed by atoms with Crippen LogP contribution in [0.15, 0.2) is 53.5 Å². The van der Waals surface area contributed by atoms with Crippen LogP contribution in [0.3, 0.4) is 0 Å². The van der Waals surface area contributed by atoms with Crippen LogP contribution in [0, 0.1) is 11.3 Å². The molecule has 2 aromatic heterocycles. The predicted molar refractivity (Wildman–Crippen MR) is 130 cm³/mol. The standard InChI is InChI=1S/C24H24N6O.ClH/c25-14-16-1-4-19(5-2-16)29-7-9-30(10-8-29)20-6-3-17(11-20)22-13-23-21(24(31)28-22)12-18(26)15-27-23;/h1-2,4-5,11-13,15,20H,3,6-10,26H2,(H,28,31);1H/t20-;/m1./s1. The van der Waals surface area contributed by atoms with Crippen LogP contribution < -0.4 is 16.2 Å². The minimum Gasteiger partial charge on any atom is -0.397 e. The lowest BCUT2D eigenvalue weighted by atomic mass is 10.1. The lowest BCUT2D eigenvalue weighted by molar-refractivity contribution is 0.214. The van der Waals surface area contributed by atoms with Gasteiger partial charge in [-0.15, -0.1) is 12.4 Å². The number of nitrogens with zero attached hydrogens (tertiary/aromatic N) is 4. The molecule has 3 heterocycles. The van der Waals surface area contributed by atoms with Crippen molar-refractivity contribution in [1.29, 1.82) is 5.26 Å². The number of fused-ring (bicyclic) bond motifs is 1. The number of nitrogen functional groups attached to an aromatic ring is 1. The average molecular weight is 449 g/mol. The first-order valence-electron chi connectivity index (χ1n) is 10.6. The lowest BCUT2D eigenvalue weighted by Gasteiger charge is -2.38. The number of benzene rings is 1. The van der Waals surface area contributed by atoms with Gasteiger partial charge in [0.2, 0.25) is 0 Å². The quantitative estimate of drug-likeness (QED) is 0.638. The summed E-state index contributed by atoms with van der Waals surface area (Å²) in [4.78, 5) is 24.7. The fourth-order valence-electron chi connectivity index (χ4n) is 4.60. The molecule has 0 bridgehead atoms. The zero-order valence-electron chi connectivity index (χ0n) is 17.6. The van der Waals surface area contributed by atoms with Gasteiger partial charge in [-0.05, 0) is 54.8 Å². The highest BCUT2D eigenvalue weighted by molar-refractivity contribution is 5.85. The molecule has 0 radical (unpaired) electrons. The first-order valence-corrected chi connectivity index (χ1v) is 10.6. The maximum Gasteiger partial charge on any atom is 0.257 e. The molecule has 0 spiro atoms. The van der Waals surface area contributed by atoms with Crippen LogP contribution in [0.25, 0.3) is 16.5 Å². The summed E-state index contributed by atoms with van der Waals surface area (Å²) in [6, 6.07) is 14.0. The molecule has 32 heavy (non-hydrogen) atoms. The highest BCUT2D eigenvalue weighted by Crippen LogP contribution is 2.31. The molecule has 164 valence electrons. The topological polar surface area (TPSA) is 102 Å². The van der Waals surface area contributed by atoms with Gasteiger partial charge in [-0.2, -0.15) is 5.26 Å². The Morgan fingerprint density at radius 1 is 1.12 bits per heavy atom. The van der Waals surface area contributed by atoms with Gasteiger partial charge in [-0.25, -0.2) is 0 Å². The second kappa shape index (κ2) is 9.03. The van der Waals surface area contributed by atoms with Crippen molar-refractivity contribution >= 4 is 40.3 Å². The number of aromatic nitrogens is 2. The molecule has 1 aliphatic carbocycles. The Morgan fingerprint density at radius 3 is 2.59 bits per heavy atom. The van der Waals surface area contributed by atoms with Gasteiger partial charge in [-0.3, -0.25) is 14.7 Å². The van der Waals surface area contributed by atoms with Crippen LogP contribution in [-0.4, -0.2) is 47.1 Å². The van der Waals surface area contributed by atoms with Gasteiger partial charge >= 0.3 is 0 Å². The molecular formula is C24H25ClN6O. The Bertz CT molecular complexity index is 1250. The third-order valence-electron chi connectivity index (χ3n) is 6.31. The second-order valence-corrected chi connectivity index (χ2v) is 8.19. The Kier molecular flexibility index (Phi) is 6.17. The minimum absolute atomic E-state index is 0. The van der Waals surface area contributed by atoms with E-state index in [-0.39, 0.29) is 18.0 Å². The number of anilines is 2. The number of hydrogen-bond acceptors (Lipinski definition) is 6. The summed E-state index contributed by atoms with van der Waals surface area (Å²) < 4.78 is 0. The van der Waals surface area contributed by atoms with E-state index in [1.54, 1.807) is 12.3 Å². The summed E-state index contributed by atoms with van der Waals surface area (Å²) in [5, 5.41) is 9.50. The molecule has 0 amide bonds. The van der Waals surface area contributed by atoms with Crippen molar-refractivity contribution in [2.75, 3.05) is 36.8 Å².